The molecule has 1 aliphatic rings. The molecule has 0 saturated carbocycles. The summed E-state index contributed by atoms with van der Waals surface area (Å²) in [5.41, 5.74) is 1.90. The maximum absolute atomic E-state index is 13.7. The predicted octanol–water partition coefficient (Wildman–Crippen LogP) is 3.16. The molecule has 0 aliphatic carbocycles. The molecule has 0 unspecified atom stereocenters. The van der Waals surface area contributed by atoms with Crippen LogP contribution >= 0.6 is 15.9 Å². The van der Waals surface area contributed by atoms with Crippen LogP contribution in [0.25, 0.3) is 0 Å². The van der Waals surface area contributed by atoms with Gasteiger partial charge in [-0.05, 0) is 37.9 Å². The van der Waals surface area contributed by atoms with E-state index in [-0.39, 0.29) is 5.82 Å². The summed E-state index contributed by atoms with van der Waals surface area (Å²) in [4.78, 5) is 2.38. The summed E-state index contributed by atoms with van der Waals surface area (Å²) in [7, 11) is 0. The van der Waals surface area contributed by atoms with Crippen LogP contribution in [0.1, 0.15) is 17.5 Å². The molecule has 0 radical (unpaired) electrons. The van der Waals surface area contributed by atoms with Crippen molar-refractivity contribution in [3.8, 4) is 0 Å². The van der Waals surface area contributed by atoms with Crippen LogP contribution in [0.15, 0.2) is 16.6 Å². The van der Waals surface area contributed by atoms with Gasteiger partial charge in [0.1, 0.15) is 5.82 Å². The number of nitrogens with zero attached hydrogens (tertiary/aromatic N) is 1. The molecule has 1 heterocycles. The van der Waals surface area contributed by atoms with E-state index in [4.69, 9.17) is 4.74 Å². The Bertz CT molecular complexity index is 405. The van der Waals surface area contributed by atoms with Crippen molar-refractivity contribution in [3.63, 3.8) is 0 Å². The first-order chi connectivity index (χ1) is 8.68. The van der Waals surface area contributed by atoms with E-state index in [1.54, 1.807) is 6.07 Å². The Morgan fingerprint density at radius 1 is 1.33 bits per heavy atom. The highest BCUT2D eigenvalue weighted by Crippen LogP contribution is 2.25. The highest BCUT2D eigenvalue weighted by atomic mass is 79.9. The van der Waals surface area contributed by atoms with E-state index in [2.05, 4.69) is 20.8 Å². The molecule has 0 bridgehead atoms. The zero-order chi connectivity index (χ0) is 13.0. The lowest BCUT2D eigenvalue weighted by Gasteiger charge is -2.26. The van der Waals surface area contributed by atoms with E-state index in [1.807, 2.05) is 13.0 Å². The summed E-state index contributed by atoms with van der Waals surface area (Å²) in [5, 5.41) is 0. The Morgan fingerprint density at radius 2 is 2.06 bits per heavy atom. The van der Waals surface area contributed by atoms with E-state index < -0.39 is 0 Å². The number of aryl methyl sites for hydroxylation is 1. The van der Waals surface area contributed by atoms with Crippen molar-refractivity contribution in [1.29, 1.82) is 0 Å². The summed E-state index contributed by atoms with van der Waals surface area (Å²) in [5.74, 6) is -0.102. The lowest BCUT2D eigenvalue weighted by Crippen LogP contribution is -2.37. The van der Waals surface area contributed by atoms with E-state index in [0.29, 0.717) is 0 Å². The topological polar surface area (TPSA) is 12.5 Å². The number of hydrogen-bond donors (Lipinski definition) is 0. The summed E-state index contributed by atoms with van der Waals surface area (Å²) in [6.45, 7) is 6.65. The fraction of sp³-hybridized carbons (Fsp3) is 0.571. The second-order valence-corrected chi connectivity index (χ2v) is 5.51. The molecule has 1 fully saturated rings. The Morgan fingerprint density at radius 3 is 2.78 bits per heavy atom. The minimum atomic E-state index is -0.102. The van der Waals surface area contributed by atoms with Gasteiger partial charge in [0.25, 0.3) is 0 Å². The number of benzene rings is 1. The van der Waals surface area contributed by atoms with Gasteiger partial charge in [-0.15, -0.1) is 0 Å². The van der Waals surface area contributed by atoms with E-state index in [0.717, 1.165) is 61.3 Å². The molecule has 4 heteroatoms. The second kappa shape index (κ2) is 6.64. The largest absolute Gasteiger partial charge is 0.379 e. The number of halogens is 2. The average molecular weight is 316 g/mol. The monoisotopic (exact) mass is 315 g/mol. The van der Waals surface area contributed by atoms with Crippen LogP contribution in [-0.4, -0.2) is 37.7 Å². The summed E-state index contributed by atoms with van der Waals surface area (Å²) in [6.07, 6.45) is 1.77. The molecule has 1 saturated heterocycles. The highest BCUT2D eigenvalue weighted by molar-refractivity contribution is 9.10. The quantitative estimate of drug-likeness (QED) is 0.846. The molecule has 1 aliphatic heterocycles. The van der Waals surface area contributed by atoms with Crippen LogP contribution in [0.3, 0.4) is 0 Å². The molecule has 18 heavy (non-hydrogen) atoms. The summed E-state index contributed by atoms with van der Waals surface area (Å²) < 4.78 is 20.0. The van der Waals surface area contributed by atoms with Crippen molar-refractivity contribution in [1.82, 2.24) is 4.90 Å². The van der Waals surface area contributed by atoms with Crippen molar-refractivity contribution in [2.75, 3.05) is 32.8 Å². The average Bonchev–Trinajstić information content (AvgIpc) is 2.39. The van der Waals surface area contributed by atoms with Crippen molar-refractivity contribution in [2.45, 2.75) is 19.8 Å². The van der Waals surface area contributed by atoms with Crippen LogP contribution in [0.4, 0.5) is 4.39 Å². The van der Waals surface area contributed by atoms with Gasteiger partial charge in [-0.25, -0.2) is 4.39 Å². The molecule has 0 atom stereocenters. The number of rotatable bonds is 4. The summed E-state index contributed by atoms with van der Waals surface area (Å²) >= 11 is 3.48. The zero-order valence-corrected chi connectivity index (χ0v) is 12.3. The molecule has 0 aromatic heterocycles. The molecular weight excluding hydrogens is 297 g/mol. The van der Waals surface area contributed by atoms with Crippen molar-refractivity contribution in [3.05, 3.63) is 33.5 Å². The van der Waals surface area contributed by atoms with E-state index in [1.165, 1.54) is 0 Å². The maximum Gasteiger partial charge on any atom is 0.127 e. The van der Waals surface area contributed by atoms with Crippen molar-refractivity contribution in [2.24, 2.45) is 0 Å². The van der Waals surface area contributed by atoms with Crippen molar-refractivity contribution < 1.29 is 9.13 Å². The van der Waals surface area contributed by atoms with Crippen LogP contribution < -0.4 is 0 Å². The van der Waals surface area contributed by atoms with E-state index >= 15 is 0 Å². The second-order valence-electron chi connectivity index (χ2n) is 4.71. The van der Waals surface area contributed by atoms with Gasteiger partial charge in [-0.2, -0.15) is 0 Å². The lowest BCUT2D eigenvalue weighted by molar-refractivity contribution is 0.0374. The van der Waals surface area contributed by atoms with Gasteiger partial charge in [0.2, 0.25) is 0 Å². The van der Waals surface area contributed by atoms with E-state index in [9.17, 15) is 4.39 Å². The summed E-state index contributed by atoms with van der Waals surface area (Å²) in [6, 6.07) is 3.37. The first-order valence-corrected chi connectivity index (χ1v) is 7.21. The Balaban J connectivity index is 1.88. The SMILES string of the molecule is Cc1ccc(F)c(CCCN2CCOCC2)c1Br. The fourth-order valence-corrected chi connectivity index (χ4v) is 2.77. The molecule has 2 nitrogen and oxygen atoms in total. The molecule has 0 spiro atoms. The van der Waals surface area contributed by atoms with Gasteiger partial charge in [0.15, 0.2) is 0 Å². The molecule has 2 rings (SSSR count). The molecule has 100 valence electrons. The van der Waals surface area contributed by atoms with Gasteiger partial charge >= 0.3 is 0 Å². The fourth-order valence-electron chi connectivity index (χ4n) is 2.25. The molecule has 1 aromatic rings. The first kappa shape index (κ1) is 14.0. The predicted molar refractivity (Wildman–Crippen MR) is 74.4 cm³/mol. The molecule has 0 amide bonds. The van der Waals surface area contributed by atoms with Gasteiger partial charge in [-0.1, -0.05) is 22.0 Å². The van der Waals surface area contributed by atoms with Crippen LogP contribution in [0, 0.1) is 12.7 Å². The minimum Gasteiger partial charge on any atom is -0.379 e. The number of ether oxygens (including phenoxy) is 1. The van der Waals surface area contributed by atoms with Gasteiger partial charge in [-0.3, -0.25) is 4.90 Å². The number of hydrogen-bond acceptors (Lipinski definition) is 2. The van der Waals surface area contributed by atoms with Crippen LogP contribution in [0.2, 0.25) is 0 Å². The third-order valence-electron chi connectivity index (χ3n) is 3.38. The standard InChI is InChI=1S/C14H19BrFNO/c1-11-4-5-13(16)12(14(11)15)3-2-6-17-7-9-18-10-8-17/h4-5H,2-3,6-10H2,1H3. The smallest absolute Gasteiger partial charge is 0.127 e. The third kappa shape index (κ3) is 3.53. The van der Waals surface area contributed by atoms with Crippen LogP contribution in [-0.2, 0) is 11.2 Å². The number of morpholine rings is 1. The lowest BCUT2D eigenvalue weighted by atomic mass is 10.1. The normalized spacial score (nSPS) is 17.1. The Labute approximate surface area is 116 Å². The van der Waals surface area contributed by atoms with Gasteiger partial charge in [0, 0.05) is 23.1 Å². The zero-order valence-electron chi connectivity index (χ0n) is 10.7. The Kier molecular flexibility index (Phi) is 5.15. The van der Waals surface area contributed by atoms with Gasteiger partial charge in [0.05, 0.1) is 13.2 Å². The van der Waals surface area contributed by atoms with Gasteiger partial charge < -0.3 is 4.74 Å². The van der Waals surface area contributed by atoms with Crippen LogP contribution in [0.5, 0.6) is 0 Å². The highest BCUT2D eigenvalue weighted by Gasteiger charge is 2.12. The minimum absolute atomic E-state index is 0.102. The molecular formula is C14H19BrFNO. The molecule has 0 N–H and O–H groups in total. The molecule has 1 aromatic carbocycles. The Hall–Kier alpha value is -0.450. The maximum atomic E-state index is 13.7. The first-order valence-electron chi connectivity index (χ1n) is 6.42. The van der Waals surface area contributed by atoms with Crippen molar-refractivity contribution >= 4 is 15.9 Å². The third-order valence-corrected chi connectivity index (χ3v) is 4.49.